The van der Waals surface area contributed by atoms with Gasteiger partial charge in [0.15, 0.2) is 0 Å². The van der Waals surface area contributed by atoms with Gasteiger partial charge in [-0.1, -0.05) is 24.3 Å². The number of ether oxygens (including phenoxy) is 2. The van der Waals surface area contributed by atoms with Crippen molar-refractivity contribution in [1.82, 2.24) is 4.98 Å². The van der Waals surface area contributed by atoms with E-state index in [1.807, 2.05) is 31.2 Å². The minimum atomic E-state index is -0.397. The van der Waals surface area contributed by atoms with Gasteiger partial charge < -0.3 is 25.4 Å². The zero-order valence-electron chi connectivity index (χ0n) is 20.6. The van der Waals surface area contributed by atoms with Crippen LogP contribution < -0.4 is 20.7 Å². The Balaban J connectivity index is 1.54. The van der Waals surface area contributed by atoms with Crippen molar-refractivity contribution in [1.29, 1.82) is 0 Å². The Bertz CT molecular complexity index is 1210. The lowest BCUT2D eigenvalue weighted by atomic mass is 10.1. The molecule has 2 aromatic carbocycles. The van der Waals surface area contributed by atoms with Crippen molar-refractivity contribution >= 4 is 35.0 Å². The van der Waals surface area contributed by atoms with Crippen LogP contribution in [-0.2, 0) is 27.2 Å². The summed E-state index contributed by atoms with van der Waals surface area (Å²) >= 11 is 0. The number of aromatic nitrogens is 1. The summed E-state index contributed by atoms with van der Waals surface area (Å²) < 4.78 is 10.3. The maximum atomic E-state index is 12.5. The minimum absolute atomic E-state index is 0.108. The number of pyridine rings is 1. The summed E-state index contributed by atoms with van der Waals surface area (Å²) in [4.78, 5) is 40.7. The van der Waals surface area contributed by atoms with Gasteiger partial charge in [-0.05, 0) is 55.3 Å². The van der Waals surface area contributed by atoms with Gasteiger partial charge in [-0.25, -0.2) is 4.79 Å². The third-order valence-electron chi connectivity index (χ3n) is 5.27. The van der Waals surface area contributed by atoms with Crippen molar-refractivity contribution in [3.8, 4) is 5.75 Å². The molecule has 3 rings (SSSR count). The lowest BCUT2D eigenvalue weighted by Crippen LogP contribution is -2.20. The topological polar surface area (TPSA) is 119 Å². The van der Waals surface area contributed by atoms with E-state index in [0.717, 1.165) is 11.3 Å². The maximum absolute atomic E-state index is 12.5. The summed E-state index contributed by atoms with van der Waals surface area (Å²) in [6.07, 6.45) is 2.39. The molecule has 0 fully saturated rings. The van der Waals surface area contributed by atoms with Gasteiger partial charge in [0.05, 0.1) is 44.1 Å². The monoisotopic (exact) mass is 490 g/mol. The predicted molar refractivity (Wildman–Crippen MR) is 138 cm³/mol. The molecule has 0 aliphatic heterocycles. The van der Waals surface area contributed by atoms with Crippen LogP contribution in [0.15, 0.2) is 60.8 Å². The Morgan fingerprint density at radius 3 is 2.42 bits per heavy atom. The highest BCUT2D eigenvalue weighted by Gasteiger charge is 2.12. The number of carbonyl (C=O) groups excluding carboxylic acids is 3. The molecule has 3 amide bonds. The fourth-order valence-corrected chi connectivity index (χ4v) is 3.44. The van der Waals surface area contributed by atoms with Crippen molar-refractivity contribution < 1.29 is 23.9 Å². The molecule has 36 heavy (non-hydrogen) atoms. The SMILES string of the molecule is CCOC(=O)CCc1ccc(NC(=O)Cc2ccc(NC(=O)Nc3ccccc3C)c(OC)c2)cn1. The number of amides is 3. The largest absolute Gasteiger partial charge is 0.495 e. The Kier molecular flexibility index (Phi) is 9.39. The molecule has 0 bridgehead atoms. The number of hydrogen-bond acceptors (Lipinski definition) is 6. The lowest BCUT2D eigenvalue weighted by Gasteiger charge is -2.14. The fourth-order valence-electron chi connectivity index (χ4n) is 3.44. The second-order valence-corrected chi connectivity index (χ2v) is 8.00. The van der Waals surface area contributed by atoms with Crippen LogP contribution in [0.2, 0.25) is 0 Å². The molecular weight excluding hydrogens is 460 g/mol. The Hall–Kier alpha value is -4.40. The Morgan fingerprint density at radius 2 is 1.72 bits per heavy atom. The first kappa shape index (κ1) is 26.2. The highest BCUT2D eigenvalue weighted by atomic mass is 16.5. The summed E-state index contributed by atoms with van der Waals surface area (Å²) in [5, 5.41) is 8.39. The maximum Gasteiger partial charge on any atom is 0.323 e. The normalized spacial score (nSPS) is 10.3. The van der Waals surface area contributed by atoms with Crippen LogP contribution in [0.3, 0.4) is 0 Å². The molecule has 3 N–H and O–H groups in total. The van der Waals surface area contributed by atoms with Crippen LogP contribution in [0.4, 0.5) is 21.9 Å². The quantitative estimate of drug-likeness (QED) is 0.354. The highest BCUT2D eigenvalue weighted by Crippen LogP contribution is 2.26. The average Bonchev–Trinajstić information content (AvgIpc) is 2.86. The number of nitrogens with one attached hydrogen (secondary N) is 3. The van der Waals surface area contributed by atoms with Crippen molar-refractivity contribution in [3.05, 3.63) is 77.6 Å². The van der Waals surface area contributed by atoms with Gasteiger partial charge in [-0.15, -0.1) is 0 Å². The Morgan fingerprint density at radius 1 is 0.944 bits per heavy atom. The average molecular weight is 491 g/mol. The first-order chi connectivity index (χ1) is 17.4. The first-order valence-corrected chi connectivity index (χ1v) is 11.6. The van der Waals surface area contributed by atoms with Crippen molar-refractivity contribution in [3.63, 3.8) is 0 Å². The number of benzene rings is 2. The molecule has 9 nitrogen and oxygen atoms in total. The molecule has 3 aromatic rings. The molecule has 0 atom stereocenters. The van der Waals surface area contributed by atoms with Gasteiger partial charge in [0, 0.05) is 17.8 Å². The minimum Gasteiger partial charge on any atom is -0.495 e. The number of methoxy groups -OCH3 is 1. The number of carbonyl (C=O) groups is 3. The molecule has 0 unspecified atom stereocenters. The van der Waals surface area contributed by atoms with E-state index < -0.39 is 6.03 Å². The summed E-state index contributed by atoms with van der Waals surface area (Å²) in [6.45, 7) is 4.03. The van der Waals surface area contributed by atoms with Crippen molar-refractivity contribution in [2.24, 2.45) is 0 Å². The number of hydrogen-bond donors (Lipinski definition) is 3. The molecule has 0 aliphatic carbocycles. The van der Waals surface area contributed by atoms with Crippen LogP contribution in [0.25, 0.3) is 0 Å². The molecule has 1 heterocycles. The molecule has 9 heteroatoms. The second-order valence-electron chi connectivity index (χ2n) is 8.00. The molecule has 0 spiro atoms. The first-order valence-electron chi connectivity index (χ1n) is 11.6. The van der Waals surface area contributed by atoms with Gasteiger partial charge in [0.25, 0.3) is 0 Å². The summed E-state index contributed by atoms with van der Waals surface area (Å²) in [5.74, 6) is -0.0516. The van der Waals surface area contributed by atoms with E-state index >= 15 is 0 Å². The summed E-state index contributed by atoms with van der Waals surface area (Å²) in [7, 11) is 1.50. The number of anilines is 3. The van der Waals surface area contributed by atoms with Gasteiger partial charge in [0.2, 0.25) is 5.91 Å². The number of nitrogens with zero attached hydrogens (tertiary/aromatic N) is 1. The third kappa shape index (κ3) is 7.83. The summed E-state index contributed by atoms with van der Waals surface area (Å²) in [6, 6.07) is 15.7. The van der Waals surface area contributed by atoms with E-state index in [2.05, 4.69) is 20.9 Å². The van der Waals surface area contributed by atoms with E-state index in [-0.39, 0.29) is 24.7 Å². The molecule has 1 aromatic heterocycles. The van der Waals surface area contributed by atoms with Crippen LogP contribution >= 0.6 is 0 Å². The second kappa shape index (κ2) is 12.9. The zero-order chi connectivity index (χ0) is 25.9. The lowest BCUT2D eigenvalue weighted by molar-refractivity contribution is -0.143. The molecule has 188 valence electrons. The van der Waals surface area contributed by atoms with Gasteiger partial charge in [-0.2, -0.15) is 0 Å². The number of rotatable bonds is 10. The number of urea groups is 1. The van der Waals surface area contributed by atoms with E-state index in [9.17, 15) is 14.4 Å². The van der Waals surface area contributed by atoms with E-state index in [4.69, 9.17) is 9.47 Å². The Labute approximate surface area is 210 Å². The molecule has 0 aliphatic rings. The molecular formula is C27H30N4O5. The zero-order valence-corrected chi connectivity index (χ0v) is 20.6. The van der Waals surface area contributed by atoms with Crippen LogP contribution in [-0.4, -0.2) is 36.6 Å². The molecule has 0 radical (unpaired) electrons. The van der Waals surface area contributed by atoms with E-state index in [1.54, 1.807) is 43.5 Å². The van der Waals surface area contributed by atoms with Crippen molar-refractivity contribution in [2.75, 3.05) is 29.7 Å². The van der Waals surface area contributed by atoms with Gasteiger partial charge in [0.1, 0.15) is 5.75 Å². The van der Waals surface area contributed by atoms with E-state index in [1.165, 1.54) is 7.11 Å². The van der Waals surface area contributed by atoms with Gasteiger partial charge >= 0.3 is 12.0 Å². The van der Waals surface area contributed by atoms with Crippen LogP contribution in [0.5, 0.6) is 5.75 Å². The molecule has 0 saturated carbocycles. The van der Waals surface area contributed by atoms with Gasteiger partial charge in [-0.3, -0.25) is 14.6 Å². The predicted octanol–water partition coefficient (Wildman–Crippen LogP) is 4.72. The van der Waals surface area contributed by atoms with Crippen molar-refractivity contribution in [2.45, 2.75) is 33.1 Å². The smallest absolute Gasteiger partial charge is 0.323 e. The number of esters is 1. The van der Waals surface area contributed by atoms with E-state index in [0.29, 0.717) is 41.4 Å². The summed E-state index contributed by atoms with van der Waals surface area (Å²) in [5.41, 5.74) is 4.15. The number of aryl methyl sites for hydroxylation is 2. The highest BCUT2D eigenvalue weighted by molar-refractivity contribution is 6.01. The third-order valence-corrected chi connectivity index (χ3v) is 5.27. The fraction of sp³-hybridized carbons (Fsp3) is 0.259. The standard InChI is InChI=1S/C27H30N4O5/c1-4-36-26(33)14-12-20-10-11-21(17-28-20)29-25(32)16-19-9-13-23(24(15-19)35-3)31-27(34)30-22-8-6-5-7-18(22)2/h5-11,13,15,17H,4,12,14,16H2,1-3H3,(H,29,32)(H2,30,31,34). The molecule has 0 saturated heterocycles. The number of para-hydroxylation sites is 1. The van der Waals surface area contributed by atoms with Crippen LogP contribution in [0.1, 0.15) is 30.2 Å². The van der Waals surface area contributed by atoms with Crippen LogP contribution in [0, 0.1) is 6.92 Å².